The number of sulfonamides is 1. The minimum atomic E-state index is -3.79. The first kappa shape index (κ1) is 27.2. The molecule has 11 heteroatoms. The summed E-state index contributed by atoms with van der Waals surface area (Å²) in [5.41, 5.74) is -0.739. The minimum Gasteiger partial charge on any atom is -0.497 e. The third kappa shape index (κ3) is 5.04. The number of pyridine rings is 1. The fraction of sp³-hybridized carbons (Fsp3) is 0.367. The van der Waals surface area contributed by atoms with Gasteiger partial charge in [0.25, 0.3) is 11.8 Å². The Morgan fingerprint density at radius 1 is 1.12 bits per heavy atom. The topological polar surface area (TPSA) is 136 Å². The van der Waals surface area contributed by atoms with Gasteiger partial charge >= 0.3 is 0 Å². The maximum atomic E-state index is 14.0. The van der Waals surface area contributed by atoms with Crippen molar-refractivity contribution in [3.05, 3.63) is 67.3 Å². The van der Waals surface area contributed by atoms with Crippen molar-refractivity contribution in [2.75, 3.05) is 13.7 Å². The van der Waals surface area contributed by atoms with Crippen molar-refractivity contribution in [3.8, 4) is 22.8 Å². The molecule has 3 N–H and O–H groups in total. The number of methoxy groups -OCH3 is 1. The third-order valence-electron chi connectivity index (χ3n) is 8.05. The van der Waals surface area contributed by atoms with Crippen LogP contribution in [0.15, 0.2) is 67.3 Å². The number of carbonyl (C=O) groups is 2. The van der Waals surface area contributed by atoms with Crippen molar-refractivity contribution >= 4 is 32.7 Å². The van der Waals surface area contributed by atoms with Gasteiger partial charge in [0, 0.05) is 35.4 Å². The minimum absolute atomic E-state index is 0.250. The normalized spacial score (nSPS) is 25.3. The first-order valence-corrected chi connectivity index (χ1v) is 15.2. The zero-order chi connectivity index (χ0) is 28.8. The van der Waals surface area contributed by atoms with Gasteiger partial charge in [0.2, 0.25) is 15.7 Å². The molecule has 6 rings (SSSR count). The molecule has 2 aliphatic carbocycles. The van der Waals surface area contributed by atoms with Gasteiger partial charge < -0.3 is 14.8 Å². The number of benzene rings is 2. The zero-order valence-electron chi connectivity index (χ0n) is 22.7. The smallest absolute Gasteiger partial charge is 0.280 e. The Bertz CT molecular complexity index is 1630. The molecule has 2 aromatic carbocycles. The van der Waals surface area contributed by atoms with Gasteiger partial charge in [0.1, 0.15) is 17.0 Å². The highest BCUT2D eigenvalue weighted by Gasteiger charge is 2.63. The molecule has 1 aliphatic heterocycles. The van der Waals surface area contributed by atoms with Gasteiger partial charge in [-0.05, 0) is 44.4 Å². The third-order valence-corrected chi connectivity index (χ3v) is 9.87. The van der Waals surface area contributed by atoms with Crippen molar-refractivity contribution in [3.63, 3.8) is 0 Å². The van der Waals surface area contributed by atoms with Gasteiger partial charge in [-0.25, -0.2) is 13.4 Å². The molecular weight excluding hydrogens is 544 g/mol. The number of carbonyl (C=O) groups excluding carboxylic acids is 2. The van der Waals surface area contributed by atoms with E-state index < -0.39 is 44.3 Å². The van der Waals surface area contributed by atoms with Crippen molar-refractivity contribution in [2.24, 2.45) is 5.92 Å². The van der Waals surface area contributed by atoms with E-state index in [1.54, 1.807) is 25.3 Å². The second-order valence-electron chi connectivity index (χ2n) is 10.9. The van der Waals surface area contributed by atoms with Gasteiger partial charge in [-0.2, -0.15) is 0 Å². The van der Waals surface area contributed by atoms with Crippen LogP contribution in [0.4, 0.5) is 0 Å². The number of nitrogens with one attached hydrogen (secondary N) is 3. The average molecular weight is 577 g/mol. The van der Waals surface area contributed by atoms with E-state index in [0.29, 0.717) is 60.3 Å². The van der Waals surface area contributed by atoms with E-state index in [2.05, 4.69) is 21.9 Å². The molecule has 41 heavy (non-hydrogen) atoms. The number of amides is 2. The molecule has 2 amide bonds. The van der Waals surface area contributed by atoms with Gasteiger partial charge in [-0.3, -0.25) is 19.6 Å². The Morgan fingerprint density at radius 3 is 2.54 bits per heavy atom. The molecule has 2 saturated carbocycles. The molecular formula is C30H32N4O6S. The monoisotopic (exact) mass is 576 g/mol. The van der Waals surface area contributed by atoms with Crippen LogP contribution in [-0.2, 0) is 19.6 Å². The van der Waals surface area contributed by atoms with Crippen LogP contribution >= 0.6 is 0 Å². The van der Waals surface area contributed by atoms with Crippen LogP contribution < -0.4 is 24.8 Å². The molecule has 10 nitrogen and oxygen atoms in total. The number of aromatic nitrogens is 1. The van der Waals surface area contributed by atoms with Crippen molar-refractivity contribution in [2.45, 2.75) is 48.6 Å². The van der Waals surface area contributed by atoms with Crippen LogP contribution in [0.3, 0.4) is 0 Å². The lowest BCUT2D eigenvalue weighted by Gasteiger charge is -2.32. The van der Waals surface area contributed by atoms with Crippen LogP contribution in [-0.4, -0.2) is 55.4 Å². The van der Waals surface area contributed by atoms with E-state index >= 15 is 0 Å². The van der Waals surface area contributed by atoms with Gasteiger partial charge in [0.05, 0.1) is 23.6 Å². The van der Waals surface area contributed by atoms with E-state index in [4.69, 9.17) is 14.5 Å². The number of hydrogen-bond donors (Lipinski definition) is 3. The second kappa shape index (κ2) is 10.1. The summed E-state index contributed by atoms with van der Waals surface area (Å²) in [5.74, 6) is -0.627. The van der Waals surface area contributed by atoms with Crippen molar-refractivity contribution in [1.82, 2.24) is 20.3 Å². The highest BCUT2D eigenvalue weighted by molar-refractivity contribution is 7.91. The SMILES string of the molecule is C=CC1CC1(NC(=O)C1(Oc2cc(-c3ccccc3)nc3cc(OC)ccc23)CCCN1)C(=O)NS(=O)(=O)C1CC1. The predicted molar refractivity (Wildman–Crippen MR) is 154 cm³/mol. The van der Waals surface area contributed by atoms with Gasteiger partial charge in [-0.1, -0.05) is 36.4 Å². The van der Waals surface area contributed by atoms with Crippen LogP contribution in [0.1, 0.15) is 32.1 Å². The lowest BCUT2D eigenvalue weighted by Crippen LogP contribution is -2.63. The predicted octanol–water partition coefficient (Wildman–Crippen LogP) is 3.04. The summed E-state index contributed by atoms with van der Waals surface area (Å²) in [7, 11) is -2.21. The van der Waals surface area contributed by atoms with E-state index in [9.17, 15) is 18.0 Å². The highest BCUT2D eigenvalue weighted by Crippen LogP contribution is 2.46. The molecule has 3 atom stereocenters. The van der Waals surface area contributed by atoms with E-state index in [1.165, 1.54) is 0 Å². The number of fused-ring (bicyclic) bond motifs is 1. The van der Waals surface area contributed by atoms with Gasteiger partial charge in [0.15, 0.2) is 0 Å². The Morgan fingerprint density at radius 2 is 1.90 bits per heavy atom. The average Bonchev–Trinajstić information content (AvgIpc) is 3.90. The Kier molecular flexibility index (Phi) is 6.74. The summed E-state index contributed by atoms with van der Waals surface area (Å²) in [5, 5.41) is 6.18. The molecule has 3 aliphatic rings. The summed E-state index contributed by atoms with van der Waals surface area (Å²) in [6.07, 6.45) is 3.86. The standard InChI is InChI=1S/C30H32N4O6S/c1-3-20-18-29(20,27(35)34-41(37,38)22-11-12-22)33-28(36)30(14-7-15-31-30)40-26-17-24(19-8-5-4-6-9-19)32-25-16-21(39-2)10-13-23(25)26/h3-6,8-10,13,16-17,20,22,31H,1,7,11-12,14-15,18H2,2H3,(H,33,36)(H,34,35). The second-order valence-corrected chi connectivity index (χ2v) is 12.8. The quantitative estimate of drug-likeness (QED) is 0.314. The molecule has 1 aromatic heterocycles. The largest absolute Gasteiger partial charge is 0.497 e. The van der Waals surface area contributed by atoms with Crippen molar-refractivity contribution < 1.29 is 27.5 Å². The Labute approximate surface area is 238 Å². The summed E-state index contributed by atoms with van der Waals surface area (Å²) < 4.78 is 39.2. The first-order chi connectivity index (χ1) is 19.7. The molecule has 0 spiro atoms. The molecule has 3 unspecified atom stereocenters. The lowest BCUT2D eigenvalue weighted by molar-refractivity contribution is -0.142. The molecule has 3 aromatic rings. The highest BCUT2D eigenvalue weighted by atomic mass is 32.2. The summed E-state index contributed by atoms with van der Waals surface area (Å²) in [6, 6.07) is 16.9. The van der Waals surface area contributed by atoms with Crippen molar-refractivity contribution in [1.29, 1.82) is 0 Å². The van der Waals surface area contributed by atoms with E-state index in [0.717, 1.165) is 5.56 Å². The first-order valence-electron chi connectivity index (χ1n) is 13.7. The fourth-order valence-corrected chi connectivity index (χ4v) is 6.76. The van der Waals surface area contributed by atoms with Gasteiger partial charge in [-0.15, -0.1) is 6.58 Å². The van der Waals surface area contributed by atoms with E-state index in [-0.39, 0.29) is 6.42 Å². The maximum absolute atomic E-state index is 14.0. The molecule has 3 fully saturated rings. The zero-order valence-corrected chi connectivity index (χ0v) is 23.5. The Hall–Kier alpha value is -3.96. The maximum Gasteiger partial charge on any atom is 0.280 e. The summed E-state index contributed by atoms with van der Waals surface area (Å²) in [6.45, 7) is 4.30. The summed E-state index contributed by atoms with van der Waals surface area (Å²) >= 11 is 0. The summed E-state index contributed by atoms with van der Waals surface area (Å²) in [4.78, 5) is 32.1. The molecule has 2 heterocycles. The van der Waals surface area contributed by atoms with E-state index in [1.807, 2.05) is 42.5 Å². The van der Waals surface area contributed by atoms with Crippen LogP contribution in [0, 0.1) is 5.92 Å². The number of hydrogen-bond acceptors (Lipinski definition) is 8. The van der Waals surface area contributed by atoms with Crippen LogP contribution in [0.5, 0.6) is 11.5 Å². The van der Waals surface area contributed by atoms with Crippen LogP contribution in [0.2, 0.25) is 0 Å². The Balaban J connectivity index is 1.34. The molecule has 214 valence electrons. The molecule has 0 bridgehead atoms. The fourth-order valence-electron chi connectivity index (χ4n) is 5.40. The molecule has 1 saturated heterocycles. The molecule has 0 radical (unpaired) electrons. The number of ether oxygens (including phenoxy) is 2. The lowest BCUT2D eigenvalue weighted by atomic mass is 10.1. The number of nitrogens with zero attached hydrogens (tertiary/aromatic N) is 1. The van der Waals surface area contributed by atoms with Crippen LogP contribution in [0.25, 0.3) is 22.2 Å². The number of rotatable bonds is 10.